The monoisotopic (exact) mass is 205 g/mol. The molecule has 0 aliphatic heterocycles. The molecule has 0 unspecified atom stereocenters. The average Bonchev–Trinajstić information content (AvgIpc) is 2.68. The van der Waals surface area contributed by atoms with Crippen molar-refractivity contribution in [1.82, 2.24) is 5.32 Å². The smallest absolute Gasteiger partial charge is 0.0586 e. The third-order valence-electron chi connectivity index (χ3n) is 3.43. The molecule has 1 saturated carbocycles. The fraction of sp³-hybridized carbons (Fsp3) is 0.538. The highest BCUT2D eigenvalue weighted by Crippen LogP contribution is 2.35. The normalized spacial score (nSPS) is 27.9. The number of rotatable bonds is 3. The Hall–Kier alpha value is -0.860. The number of aliphatic hydroxyl groups excluding tert-OH is 1. The molecular formula is C13H19NO. The van der Waals surface area contributed by atoms with E-state index in [4.69, 9.17) is 0 Å². The molecule has 1 aliphatic carbocycles. The third kappa shape index (κ3) is 2.21. The maximum Gasteiger partial charge on any atom is 0.0586 e. The summed E-state index contributed by atoms with van der Waals surface area (Å²) in [6.45, 7) is 0. The van der Waals surface area contributed by atoms with E-state index in [-0.39, 0.29) is 6.10 Å². The molecule has 0 bridgehead atoms. The zero-order valence-electron chi connectivity index (χ0n) is 9.19. The van der Waals surface area contributed by atoms with E-state index < -0.39 is 0 Å². The van der Waals surface area contributed by atoms with E-state index in [2.05, 4.69) is 29.6 Å². The van der Waals surface area contributed by atoms with Crippen LogP contribution in [0.5, 0.6) is 0 Å². The summed E-state index contributed by atoms with van der Waals surface area (Å²) in [5, 5.41) is 13.2. The van der Waals surface area contributed by atoms with Gasteiger partial charge in [0.1, 0.15) is 0 Å². The van der Waals surface area contributed by atoms with E-state index in [1.54, 1.807) is 0 Å². The lowest BCUT2D eigenvalue weighted by Crippen LogP contribution is -2.30. The van der Waals surface area contributed by atoms with Gasteiger partial charge in [-0.1, -0.05) is 36.8 Å². The number of aliphatic hydroxyl groups is 1. The van der Waals surface area contributed by atoms with E-state index >= 15 is 0 Å². The summed E-state index contributed by atoms with van der Waals surface area (Å²) in [5.41, 5.74) is 1.28. The molecule has 0 heterocycles. The fourth-order valence-corrected chi connectivity index (χ4v) is 2.65. The molecule has 0 amide bonds. The van der Waals surface area contributed by atoms with Gasteiger partial charge >= 0.3 is 0 Å². The molecule has 0 saturated heterocycles. The average molecular weight is 205 g/mol. The molecule has 2 heteroatoms. The molecule has 2 nitrogen and oxygen atoms in total. The molecule has 1 aromatic rings. The number of benzene rings is 1. The first-order chi connectivity index (χ1) is 7.33. The second-order valence-electron chi connectivity index (χ2n) is 4.34. The van der Waals surface area contributed by atoms with Crippen molar-refractivity contribution >= 4 is 0 Å². The molecule has 82 valence electrons. The van der Waals surface area contributed by atoms with E-state index in [0.717, 1.165) is 19.3 Å². The van der Waals surface area contributed by atoms with Gasteiger partial charge in [0.2, 0.25) is 0 Å². The van der Waals surface area contributed by atoms with Gasteiger partial charge in [-0.15, -0.1) is 0 Å². The van der Waals surface area contributed by atoms with Gasteiger partial charge in [0, 0.05) is 12.0 Å². The highest BCUT2D eigenvalue weighted by molar-refractivity contribution is 5.20. The molecule has 1 fully saturated rings. The summed E-state index contributed by atoms with van der Waals surface area (Å²) in [4.78, 5) is 0. The van der Waals surface area contributed by atoms with E-state index in [1.807, 2.05) is 13.1 Å². The van der Waals surface area contributed by atoms with Crippen LogP contribution in [0.25, 0.3) is 0 Å². The minimum atomic E-state index is -0.136. The van der Waals surface area contributed by atoms with Crippen molar-refractivity contribution in [2.75, 3.05) is 7.05 Å². The Bertz CT molecular complexity index is 299. The zero-order chi connectivity index (χ0) is 10.7. The highest BCUT2D eigenvalue weighted by atomic mass is 16.3. The van der Waals surface area contributed by atoms with E-state index in [1.165, 1.54) is 5.56 Å². The Kier molecular flexibility index (Phi) is 3.39. The van der Waals surface area contributed by atoms with Gasteiger partial charge in [-0.25, -0.2) is 0 Å². The zero-order valence-corrected chi connectivity index (χ0v) is 9.19. The standard InChI is InChI=1S/C13H19NO/c1-14-13(10-6-3-2-4-7-10)11-8-5-9-12(11)15/h2-4,6-7,11-15H,5,8-9H2,1H3/t11-,12-,13-/m1/s1. The van der Waals surface area contributed by atoms with Crippen molar-refractivity contribution in [2.45, 2.75) is 31.4 Å². The Labute approximate surface area is 91.3 Å². The Morgan fingerprint density at radius 1 is 1.27 bits per heavy atom. The first-order valence-corrected chi connectivity index (χ1v) is 5.73. The van der Waals surface area contributed by atoms with Crippen molar-refractivity contribution in [1.29, 1.82) is 0 Å². The van der Waals surface area contributed by atoms with Gasteiger partial charge < -0.3 is 10.4 Å². The van der Waals surface area contributed by atoms with Crippen LogP contribution in [-0.4, -0.2) is 18.3 Å². The lowest BCUT2D eigenvalue weighted by atomic mass is 9.90. The third-order valence-corrected chi connectivity index (χ3v) is 3.43. The van der Waals surface area contributed by atoms with Crippen molar-refractivity contribution in [3.05, 3.63) is 35.9 Å². The van der Waals surface area contributed by atoms with Crippen molar-refractivity contribution < 1.29 is 5.11 Å². The second-order valence-corrected chi connectivity index (χ2v) is 4.34. The molecule has 1 aromatic carbocycles. The van der Waals surface area contributed by atoms with Crippen LogP contribution >= 0.6 is 0 Å². The topological polar surface area (TPSA) is 32.3 Å². The molecule has 0 radical (unpaired) electrons. The quantitative estimate of drug-likeness (QED) is 0.792. The second kappa shape index (κ2) is 4.77. The molecule has 1 aliphatic rings. The summed E-state index contributed by atoms with van der Waals surface area (Å²) in [6, 6.07) is 10.7. The Morgan fingerprint density at radius 2 is 2.00 bits per heavy atom. The molecule has 2 N–H and O–H groups in total. The van der Waals surface area contributed by atoms with Gasteiger partial charge in [-0.2, -0.15) is 0 Å². The largest absolute Gasteiger partial charge is 0.393 e. The van der Waals surface area contributed by atoms with Crippen LogP contribution in [0, 0.1) is 5.92 Å². The van der Waals surface area contributed by atoms with Crippen LogP contribution in [0.1, 0.15) is 30.9 Å². The predicted molar refractivity (Wildman–Crippen MR) is 61.6 cm³/mol. The first kappa shape index (κ1) is 10.7. The molecular weight excluding hydrogens is 186 g/mol. The van der Waals surface area contributed by atoms with E-state index in [0.29, 0.717) is 12.0 Å². The van der Waals surface area contributed by atoms with Gasteiger partial charge in [0.15, 0.2) is 0 Å². The summed E-state index contributed by atoms with van der Waals surface area (Å²) in [7, 11) is 1.97. The van der Waals surface area contributed by atoms with Gasteiger partial charge in [-0.3, -0.25) is 0 Å². The Balaban J connectivity index is 2.17. The minimum Gasteiger partial charge on any atom is -0.393 e. The SMILES string of the molecule is CN[C@H](c1ccccc1)[C@@H]1CCC[C@H]1O. The van der Waals surface area contributed by atoms with Gasteiger partial charge in [0.05, 0.1) is 6.10 Å². The number of hydrogen-bond acceptors (Lipinski definition) is 2. The maximum absolute atomic E-state index is 9.91. The predicted octanol–water partition coefficient (Wildman–Crippen LogP) is 2.11. The fourth-order valence-electron chi connectivity index (χ4n) is 2.65. The summed E-state index contributed by atoms with van der Waals surface area (Å²) in [6.07, 6.45) is 3.09. The van der Waals surface area contributed by atoms with Crippen molar-refractivity contribution in [2.24, 2.45) is 5.92 Å². The van der Waals surface area contributed by atoms with Crippen LogP contribution in [0.15, 0.2) is 30.3 Å². The lowest BCUT2D eigenvalue weighted by molar-refractivity contribution is 0.111. The van der Waals surface area contributed by atoms with E-state index in [9.17, 15) is 5.11 Å². The van der Waals surface area contributed by atoms with Crippen LogP contribution in [0.2, 0.25) is 0 Å². The summed E-state index contributed by atoms with van der Waals surface area (Å²) < 4.78 is 0. The Morgan fingerprint density at radius 3 is 2.53 bits per heavy atom. The number of hydrogen-bond donors (Lipinski definition) is 2. The number of nitrogens with one attached hydrogen (secondary N) is 1. The molecule has 2 rings (SSSR count). The van der Waals surface area contributed by atoms with Crippen LogP contribution < -0.4 is 5.32 Å². The summed E-state index contributed by atoms with van der Waals surface area (Å²) >= 11 is 0. The highest BCUT2D eigenvalue weighted by Gasteiger charge is 2.32. The van der Waals surface area contributed by atoms with Crippen LogP contribution in [-0.2, 0) is 0 Å². The molecule has 0 spiro atoms. The minimum absolute atomic E-state index is 0.136. The summed E-state index contributed by atoms with van der Waals surface area (Å²) in [5.74, 6) is 0.373. The molecule has 0 aromatic heterocycles. The van der Waals surface area contributed by atoms with Gasteiger partial charge in [0.25, 0.3) is 0 Å². The van der Waals surface area contributed by atoms with Crippen LogP contribution in [0.4, 0.5) is 0 Å². The lowest BCUT2D eigenvalue weighted by Gasteiger charge is -2.26. The molecule has 3 atom stereocenters. The maximum atomic E-state index is 9.91. The van der Waals surface area contributed by atoms with Crippen LogP contribution in [0.3, 0.4) is 0 Å². The van der Waals surface area contributed by atoms with Crippen molar-refractivity contribution in [3.63, 3.8) is 0 Å². The first-order valence-electron chi connectivity index (χ1n) is 5.73. The van der Waals surface area contributed by atoms with Gasteiger partial charge in [-0.05, 0) is 25.5 Å². The molecule has 15 heavy (non-hydrogen) atoms. The van der Waals surface area contributed by atoms with Crippen molar-refractivity contribution in [3.8, 4) is 0 Å².